The van der Waals surface area contributed by atoms with Gasteiger partial charge in [0.05, 0.1) is 10.6 Å². The van der Waals surface area contributed by atoms with Crippen LogP contribution in [0.4, 0.5) is 14.5 Å². The Morgan fingerprint density at radius 3 is 2.85 bits per heavy atom. The van der Waals surface area contributed by atoms with Crippen LogP contribution in [-0.2, 0) is 19.1 Å². The molecule has 0 bridgehead atoms. The fraction of sp³-hybridized carbons (Fsp3) is 0.471. The number of halogens is 2. The van der Waals surface area contributed by atoms with Crippen LogP contribution in [0.5, 0.6) is 0 Å². The van der Waals surface area contributed by atoms with Gasteiger partial charge in [0, 0.05) is 18.2 Å². The van der Waals surface area contributed by atoms with Crippen LogP contribution in [0.25, 0.3) is 0 Å². The van der Waals surface area contributed by atoms with E-state index in [9.17, 15) is 23.2 Å². The summed E-state index contributed by atoms with van der Waals surface area (Å²) in [7, 11) is 0. The van der Waals surface area contributed by atoms with Gasteiger partial charge in [-0.2, -0.15) is 0 Å². The summed E-state index contributed by atoms with van der Waals surface area (Å²) in [4.78, 5) is 37.7. The summed E-state index contributed by atoms with van der Waals surface area (Å²) in [6, 6.07) is 1.99. The molecule has 2 saturated heterocycles. The summed E-state index contributed by atoms with van der Waals surface area (Å²) in [5.41, 5.74) is -0.210. The molecule has 2 fully saturated rings. The molecule has 140 valence electrons. The van der Waals surface area contributed by atoms with Crippen LogP contribution in [-0.4, -0.2) is 45.5 Å². The van der Waals surface area contributed by atoms with Crippen molar-refractivity contribution in [3.8, 4) is 0 Å². The van der Waals surface area contributed by atoms with Crippen molar-refractivity contribution in [1.82, 2.24) is 4.90 Å². The maximum Gasteiger partial charge on any atom is 0.330 e. The number of carbonyl (C=O) groups is 3. The summed E-state index contributed by atoms with van der Waals surface area (Å²) >= 11 is 1.52. The number of amides is 2. The fourth-order valence-corrected chi connectivity index (χ4v) is 4.54. The number of benzene rings is 1. The number of anilines is 1. The molecule has 2 aliphatic heterocycles. The molecule has 26 heavy (non-hydrogen) atoms. The van der Waals surface area contributed by atoms with Crippen LogP contribution in [0.1, 0.15) is 26.7 Å². The van der Waals surface area contributed by atoms with Crippen molar-refractivity contribution in [2.24, 2.45) is 0 Å². The SMILES string of the molecule is C[C@H](OC(=O)[C@H]1CS[C@@]2(C)CCC(=O)N12)C(=O)Nc1ccc(F)cc1F. The van der Waals surface area contributed by atoms with Gasteiger partial charge in [-0.15, -0.1) is 11.8 Å². The predicted molar refractivity (Wildman–Crippen MR) is 91.3 cm³/mol. The van der Waals surface area contributed by atoms with Gasteiger partial charge in [0.25, 0.3) is 5.91 Å². The minimum Gasteiger partial charge on any atom is -0.451 e. The molecular weight excluding hydrogens is 366 g/mol. The number of nitrogens with zero attached hydrogens (tertiary/aromatic N) is 1. The lowest BCUT2D eigenvalue weighted by molar-refractivity contribution is -0.160. The van der Waals surface area contributed by atoms with Crippen molar-refractivity contribution >= 4 is 35.2 Å². The van der Waals surface area contributed by atoms with Gasteiger partial charge in [-0.25, -0.2) is 13.6 Å². The molecular formula is C17H18F2N2O4S. The van der Waals surface area contributed by atoms with Gasteiger partial charge < -0.3 is 15.0 Å². The third-order valence-corrected chi connectivity index (χ3v) is 6.07. The zero-order chi connectivity index (χ0) is 19.1. The monoisotopic (exact) mass is 384 g/mol. The van der Waals surface area contributed by atoms with Gasteiger partial charge in [-0.05, 0) is 32.4 Å². The highest BCUT2D eigenvalue weighted by atomic mass is 32.2. The lowest BCUT2D eigenvalue weighted by atomic mass is 10.2. The summed E-state index contributed by atoms with van der Waals surface area (Å²) < 4.78 is 31.7. The molecule has 1 N–H and O–H groups in total. The average Bonchev–Trinajstić information content (AvgIpc) is 3.06. The summed E-state index contributed by atoms with van der Waals surface area (Å²) in [5.74, 6) is -2.81. The zero-order valence-electron chi connectivity index (χ0n) is 14.3. The van der Waals surface area contributed by atoms with Gasteiger partial charge in [0.15, 0.2) is 6.10 Å². The number of ether oxygens (including phenoxy) is 1. The number of thioether (sulfide) groups is 1. The molecule has 0 aromatic heterocycles. The molecule has 2 aliphatic rings. The standard InChI is InChI=1S/C17H18F2N2O4S/c1-9(15(23)20-12-4-3-10(18)7-11(12)19)25-16(24)13-8-26-17(2)6-5-14(22)21(13)17/h3-4,7,9,13H,5-6,8H2,1-2H3,(H,20,23)/t9-,13+,17-/m0/s1. The number of nitrogens with one attached hydrogen (secondary N) is 1. The molecule has 0 spiro atoms. The predicted octanol–water partition coefficient (Wildman–Crippen LogP) is 2.29. The van der Waals surface area contributed by atoms with E-state index in [1.54, 1.807) is 0 Å². The van der Waals surface area contributed by atoms with E-state index < -0.39 is 40.5 Å². The van der Waals surface area contributed by atoms with Gasteiger partial charge in [0.2, 0.25) is 5.91 Å². The number of hydrogen-bond acceptors (Lipinski definition) is 5. The molecule has 1 aromatic carbocycles. The smallest absolute Gasteiger partial charge is 0.330 e. The van der Waals surface area contributed by atoms with E-state index in [2.05, 4.69) is 5.32 Å². The molecule has 0 saturated carbocycles. The Kier molecular flexibility index (Phi) is 4.92. The van der Waals surface area contributed by atoms with E-state index in [1.807, 2.05) is 6.92 Å². The van der Waals surface area contributed by atoms with E-state index in [1.165, 1.54) is 23.6 Å². The number of carbonyl (C=O) groups excluding carboxylic acids is 3. The van der Waals surface area contributed by atoms with E-state index in [0.717, 1.165) is 12.1 Å². The lowest BCUT2D eigenvalue weighted by Gasteiger charge is -2.29. The van der Waals surface area contributed by atoms with Gasteiger partial charge in [-0.1, -0.05) is 0 Å². The summed E-state index contributed by atoms with van der Waals surface area (Å²) in [5, 5.41) is 2.25. The minimum atomic E-state index is -1.19. The van der Waals surface area contributed by atoms with Gasteiger partial charge in [0.1, 0.15) is 17.7 Å². The second-order valence-electron chi connectivity index (χ2n) is 6.46. The third-order valence-electron chi connectivity index (χ3n) is 4.57. The Balaban J connectivity index is 1.62. The van der Waals surface area contributed by atoms with Crippen LogP contribution < -0.4 is 5.32 Å². The van der Waals surface area contributed by atoms with Crippen molar-refractivity contribution < 1.29 is 27.9 Å². The first-order valence-electron chi connectivity index (χ1n) is 8.14. The van der Waals surface area contributed by atoms with Crippen LogP contribution >= 0.6 is 11.8 Å². The van der Waals surface area contributed by atoms with Crippen LogP contribution in [0.3, 0.4) is 0 Å². The highest BCUT2D eigenvalue weighted by Gasteiger charge is 2.53. The Labute approximate surface area is 153 Å². The van der Waals surface area contributed by atoms with Gasteiger partial charge in [-0.3, -0.25) is 9.59 Å². The van der Waals surface area contributed by atoms with E-state index in [0.29, 0.717) is 24.7 Å². The number of rotatable bonds is 4. The van der Waals surface area contributed by atoms with Crippen molar-refractivity contribution in [3.05, 3.63) is 29.8 Å². The second-order valence-corrected chi connectivity index (χ2v) is 7.96. The second kappa shape index (κ2) is 6.86. The van der Waals surface area contributed by atoms with Crippen molar-refractivity contribution in [1.29, 1.82) is 0 Å². The third kappa shape index (κ3) is 3.40. The van der Waals surface area contributed by atoms with Crippen molar-refractivity contribution in [3.63, 3.8) is 0 Å². The molecule has 2 amide bonds. The maximum atomic E-state index is 13.6. The minimum absolute atomic E-state index is 0.107. The van der Waals surface area contributed by atoms with Crippen LogP contribution in [0.15, 0.2) is 18.2 Å². The van der Waals surface area contributed by atoms with E-state index in [4.69, 9.17) is 4.74 Å². The van der Waals surface area contributed by atoms with E-state index >= 15 is 0 Å². The quantitative estimate of drug-likeness (QED) is 0.806. The first-order chi connectivity index (χ1) is 12.2. The molecule has 0 radical (unpaired) electrons. The molecule has 3 atom stereocenters. The number of hydrogen-bond donors (Lipinski definition) is 1. The summed E-state index contributed by atoms with van der Waals surface area (Å²) in [6.07, 6.45) is -0.144. The Bertz CT molecular complexity index is 775. The van der Waals surface area contributed by atoms with Crippen LogP contribution in [0.2, 0.25) is 0 Å². The fourth-order valence-electron chi connectivity index (χ4n) is 3.13. The molecule has 9 heteroatoms. The normalized spacial score (nSPS) is 25.8. The zero-order valence-corrected chi connectivity index (χ0v) is 15.1. The molecule has 1 aromatic rings. The van der Waals surface area contributed by atoms with Crippen LogP contribution in [0, 0.1) is 11.6 Å². The maximum absolute atomic E-state index is 13.6. The van der Waals surface area contributed by atoms with Crippen molar-refractivity contribution in [2.45, 2.75) is 43.7 Å². The molecule has 6 nitrogen and oxygen atoms in total. The first kappa shape index (κ1) is 18.6. The molecule has 0 aliphatic carbocycles. The average molecular weight is 384 g/mol. The Hall–Kier alpha value is -2.16. The van der Waals surface area contributed by atoms with Gasteiger partial charge >= 0.3 is 5.97 Å². The highest BCUT2D eigenvalue weighted by molar-refractivity contribution is 8.01. The van der Waals surface area contributed by atoms with Crippen molar-refractivity contribution in [2.75, 3.05) is 11.1 Å². The number of esters is 1. The number of fused-ring (bicyclic) bond motifs is 1. The Morgan fingerprint density at radius 2 is 2.15 bits per heavy atom. The summed E-state index contributed by atoms with van der Waals surface area (Å²) in [6.45, 7) is 3.26. The topological polar surface area (TPSA) is 75.7 Å². The first-order valence-corrected chi connectivity index (χ1v) is 9.12. The lowest BCUT2D eigenvalue weighted by Crippen LogP contribution is -2.48. The molecule has 0 unspecified atom stereocenters. The highest BCUT2D eigenvalue weighted by Crippen LogP contribution is 2.47. The largest absolute Gasteiger partial charge is 0.451 e. The molecule has 3 rings (SSSR count). The Morgan fingerprint density at radius 1 is 1.42 bits per heavy atom. The van der Waals surface area contributed by atoms with E-state index in [-0.39, 0.29) is 11.6 Å². The molecule has 2 heterocycles.